The monoisotopic (exact) mass is 271 g/mol. The molecule has 2 rings (SSSR count). The van der Waals surface area contributed by atoms with E-state index in [1.165, 1.54) is 12.8 Å². The summed E-state index contributed by atoms with van der Waals surface area (Å²) in [6.45, 7) is 5.02. The molecule has 4 heteroatoms. The van der Waals surface area contributed by atoms with E-state index in [-0.39, 0.29) is 12.4 Å². The smallest absolute Gasteiger partial charge is 0.125 e. The van der Waals surface area contributed by atoms with Gasteiger partial charge in [0.2, 0.25) is 0 Å². The number of aliphatic hydroxyl groups excluding tert-OH is 1. The van der Waals surface area contributed by atoms with Gasteiger partial charge in [-0.1, -0.05) is 18.2 Å². The molecule has 1 atom stereocenters. The first kappa shape index (κ1) is 15.3. The minimum absolute atomic E-state index is 0. The molecule has 1 aliphatic rings. The molecule has 0 spiro atoms. The van der Waals surface area contributed by atoms with Crippen molar-refractivity contribution in [3.05, 3.63) is 29.3 Å². The second-order valence-corrected chi connectivity index (χ2v) is 4.87. The van der Waals surface area contributed by atoms with Gasteiger partial charge in [-0.25, -0.2) is 0 Å². The number of para-hydroxylation sites is 1. The van der Waals surface area contributed by atoms with Crippen molar-refractivity contribution < 1.29 is 9.84 Å². The molecule has 0 aliphatic heterocycles. The molecule has 0 saturated heterocycles. The Kier molecular flexibility index (Phi) is 5.93. The second kappa shape index (κ2) is 6.98. The summed E-state index contributed by atoms with van der Waals surface area (Å²) in [6.07, 6.45) is 2.05. The molecular weight excluding hydrogens is 250 g/mol. The van der Waals surface area contributed by atoms with Crippen molar-refractivity contribution in [3.63, 3.8) is 0 Å². The Labute approximate surface area is 115 Å². The van der Waals surface area contributed by atoms with Gasteiger partial charge in [-0.3, -0.25) is 0 Å². The van der Waals surface area contributed by atoms with Gasteiger partial charge in [0.05, 0.1) is 0 Å². The lowest BCUT2D eigenvalue weighted by Crippen LogP contribution is -2.32. The topological polar surface area (TPSA) is 41.5 Å². The van der Waals surface area contributed by atoms with E-state index in [9.17, 15) is 5.11 Å². The average Bonchev–Trinajstić information content (AvgIpc) is 3.09. The summed E-state index contributed by atoms with van der Waals surface area (Å²) in [4.78, 5) is 0. The second-order valence-electron chi connectivity index (χ2n) is 4.87. The molecule has 0 heterocycles. The number of hydrogen-bond donors (Lipinski definition) is 2. The molecule has 1 aliphatic carbocycles. The number of benzene rings is 1. The molecule has 2 N–H and O–H groups in total. The van der Waals surface area contributed by atoms with Crippen LogP contribution in [-0.2, 0) is 0 Å². The molecule has 0 amide bonds. The van der Waals surface area contributed by atoms with Crippen LogP contribution in [-0.4, -0.2) is 30.4 Å². The van der Waals surface area contributed by atoms with E-state index in [2.05, 4.69) is 5.32 Å². The molecule has 1 saturated carbocycles. The van der Waals surface area contributed by atoms with Gasteiger partial charge in [0.25, 0.3) is 0 Å². The summed E-state index contributed by atoms with van der Waals surface area (Å²) in [5.74, 6) is 0.901. The van der Waals surface area contributed by atoms with Crippen LogP contribution in [0.4, 0.5) is 0 Å². The number of aryl methyl sites for hydroxylation is 2. The summed E-state index contributed by atoms with van der Waals surface area (Å²) in [6, 6.07) is 6.70. The van der Waals surface area contributed by atoms with Crippen molar-refractivity contribution >= 4 is 12.4 Å². The number of aliphatic hydroxyl groups is 1. The molecule has 1 fully saturated rings. The van der Waals surface area contributed by atoms with Gasteiger partial charge >= 0.3 is 0 Å². The van der Waals surface area contributed by atoms with Crippen LogP contribution in [0, 0.1) is 13.8 Å². The fraction of sp³-hybridized carbons (Fsp3) is 0.571. The Hall–Kier alpha value is -0.770. The van der Waals surface area contributed by atoms with E-state index in [0.717, 1.165) is 16.9 Å². The Morgan fingerprint density at radius 3 is 2.50 bits per heavy atom. The molecule has 1 aromatic rings. The molecule has 3 nitrogen and oxygen atoms in total. The minimum Gasteiger partial charge on any atom is -0.490 e. The highest BCUT2D eigenvalue weighted by Crippen LogP contribution is 2.22. The maximum atomic E-state index is 9.78. The summed E-state index contributed by atoms with van der Waals surface area (Å²) in [5.41, 5.74) is 2.24. The molecule has 0 radical (unpaired) electrons. The number of nitrogens with one attached hydrogen (secondary N) is 1. The number of ether oxygens (including phenoxy) is 1. The van der Waals surface area contributed by atoms with Crippen LogP contribution in [0.5, 0.6) is 5.75 Å². The third-order valence-corrected chi connectivity index (χ3v) is 3.05. The Bertz CT molecular complexity index is 360. The average molecular weight is 272 g/mol. The van der Waals surface area contributed by atoms with E-state index in [0.29, 0.717) is 19.2 Å². The fourth-order valence-electron chi connectivity index (χ4n) is 1.86. The molecule has 18 heavy (non-hydrogen) atoms. The predicted octanol–water partition coefficient (Wildman–Crippen LogP) is 2.22. The van der Waals surface area contributed by atoms with Gasteiger partial charge in [0.1, 0.15) is 18.5 Å². The van der Waals surface area contributed by atoms with Crippen molar-refractivity contribution in [2.45, 2.75) is 38.8 Å². The highest BCUT2D eigenvalue weighted by atomic mass is 35.5. The molecular formula is C14H22ClNO2. The molecule has 1 aromatic carbocycles. The Morgan fingerprint density at radius 2 is 1.94 bits per heavy atom. The number of hydrogen-bond acceptors (Lipinski definition) is 3. The van der Waals surface area contributed by atoms with Gasteiger partial charge in [-0.15, -0.1) is 12.4 Å². The molecule has 1 unspecified atom stereocenters. The molecule has 0 bridgehead atoms. The van der Waals surface area contributed by atoms with Crippen LogP contribution >= 0.6 is 12.4 Å². The van der Waals surface area contributed by atoms with Crippen LogP contribution in [0.25, 0.3) is 0 Å². The quantitative estimate of drug-likeness (QED) is 0.834. The first-order chi connectivity index (χ1) is 8.16. The zero-order valence-corrected chi connectivity index (χ0v) is 11.8. The SMILES string of the molecule is Cc1cccc(C)c1OCC(O)CNC1CC1.Cl. The summed E-state index contributed by atoms with van der Waals surface area (Å²) >= 11 is 0. The van der Waals surface area contributed by atoms with E-state index in [1.54, 1.807) is 0 Å². The summed E-state index contributed by atoms with van der Waals surface area (Å²) < 4.78 is 5.69. The molecule has 102 valence electrons. The first-order valence-corrected chi connectivity index (χ1v) is 6.27. The van der Waals surface area contributed by atoms with Crippen LogP contribution in [0.1, 0.15) is 24.0 Å². The first-order valence-electron chi connectivity index (χ1n) is 6.27. The maximum Gasteiger partial charge on any atom is 0.125 e. The lowest BCUT2D eigenvalue weighted by molar-refractivity contribution is 0.105. The van der Waals surface area contributed by atoms with E-state index in [1.807, 2.05) is 32.0 Å². The normalized spacial score (nSPS) is 15.9. The predicted molar refractivity (Wildman–Crippen MR) is 75.7 cm³/mol. The van der Waals surface area contributed by atoms with Crippen molar-refractivity contribution in [1.82, 2.24) is 5.32 Å². The van der Waals surface area contributed by atoms with Gasteiger partial charge < -0.3 is 15.2 Å². The third-order valence-electron chi connectivity index (χ3n) is 3.05. The van der Waals surface area contributed by atoms with Crippen molar-refractivity contribution in [2.24, 2.45) is 0 Å². The van der Waals surface area contributed by atoms with Crippen LogP contribution in [0.3, 0.4) is 0 Å². The van der Waals surface area contributed by atoms with E-state index < -0.39 is 6.10 Å². The lowest BCUT2D eigenvalue weighted by Gasteiger charge is -2.16. The van der Waals surface area contributed by atoms with Gasteiger partial charge in [0, 0.05) is 12.6 Å². The summed E-state index contributed by atoms with van der Waals surface area (Å²) in [7, 11) is 0. The van der Waals surface area contributed by atoms with Gasteiger partial charge in [-0.2, -0.15) is 0 Å². The Morgan fingerprint density at radius 1 is 1.33 bits per heavy atom. The van der Waals surface area contributed by atoms with Crippen LogP contribution in [0.15, 0.2) is 18.2 Å². The van der Waals surface area contributed by atoms with Crippen molar-refractivity contribution in [3.8, 4) is 5.75 Å². The zero-order valence-electron chi connectivity index (χ0n) is 11.0. The standard InChI is InChI=1S/C14H21NO2.ClH/c1-10-4-3-5-11(2)14(10)17-9-13(16)8-15-12-6-7-12;/h3-5,12-13,15-16H,6-9H2,1-2H3;1H. The minimum atomic E-state index is -0.436. The lowest BCUT2D eigenvalue weighted by atomic mass is 10.1. The van der Waals surface area contributed by atoms with E-state index >= 15 is 0 Å². The number of rotatable bonds is 6. The largest absolute Gasteiger partial charge is 0.490 e. The third kappa shape index (κ3) is 4.48. The highest BCUT2D eigenvalue weighted by molar-refractivity contribution is 5.85. The van der Waals surface area contributed by atoms with Crippen molar-refractivity contribution in [2.75, 3.05) is 13.2 Å². The fourth-order valence-corrected chi connectivity index (χ4v) is 1.86. The summed E-state index contributed by atoms with van der Waals surface area (Å²) in [5, 5.41) is 13.1. The van der Waals surface area contributed by atoms with Crippen LogP contribution in [0.2, 0.25) is 0 Å². The highest BCUT2D eigenvalue weighted by Gasteiger charge is 2.21. The Balaban J connectivity index is 0.00000162. The maximum absolute atomic E-state index is 9.78. The van der Waals surface area contributed by atoms with Crippen LogP contribution < -0.4 is 10.1 Å². The van der Waals surface area contributed by atoms with E-state index in [4.69, 9.17) is 4.74 Å². The zero-order chi connectivity index (χ0) is 12.3. The van der Waals surface area contributed by atoms with Gasteiger partial charge in [0.15, 0.2) is 0 Å². The van der Waals surface area contributed by atoms with Crippen molar-refractivity contribution in [1.29, 1.82) is 0 Å². The molecule has 0 aromatic heterocycles. The number of halogens is 1. The van der Waals surface area contributed by atoms with Gasteiger partial charge in [-0.05, 0) is 37.8 Å².